The van der Waals surface area contributed by atoms with Crippen molar-refractivity contribution in [1.29, 1.82) is 0 Å². The summed E-state index contributed by atoms with van der Waals surface area (Å²) in [6.07, 6.45) is 0.989. The van der Waals surface area contributed by atoms with Crippen LogP contribution in [0.4, 0.5) is 0 Å². The van der Waals surface area contributed by atoms with Crippen LogP contribution in [0.2, 0.25) is 0 Å². The molecule has 1 amide bonds. The van der Waals surface area contributed by atoms with E-state index in [2.05, 4.69) is 27.7 Å². The molecule has 3 rings (SSSR count). The van der Waals surface area contributed by atoms with Gasteiger partial charge in [0.15, 0.2) is 0 Å². The van der Waals surface area contributed by atoms with Crippen LogP contribution in [0.15, 0.2) is 65.6 Å². The van der Waals surface area contributed by atoms with Gasteiger partial charge in [-0.3, -0.25) is 4.79 Å². The molecule has 1 fully saturated rings. The molecule has 0 radical (unpaired) electrons. The molecule has 0 aliphatic carbocycles. The van der Waals surface area contributed by atoms with Crippen LogP contribution in [0.5, 0.6) is 0 Å². The molecule has 27 heavy (non-hydrogen) atoms. The Balaban J connectivity index is 0.00000261. The fourth-order valence-corrected chi connectivity index (χ4v) is 4.15. The summed E-state index contributed by atoms with van der Waals surface area (Å²) in [7, 11) is 0. The molecule has 0 spiro atoms. The van der Waals surface area contributed by atoms with Gasteiger partial charge in [0.05, 0.1) is 0 Å². The lowest BCUT2D eigenvalue weighted by molar-refractivity contribution is -0.120. The number of nitrogens with zero attached hydrogens (tertiary/aromatic N) is 1. The van der Waals surface area contributed by atoms with Crippen LogP contribution in [0.1, 0.15) is 17.2 Å². The molecule has 2 aromatic carbocycles. The third kappa shape index (κ3) is 7.18. The Labute approximate surface area is 172 Å². The summed E-state index contributed by atoms with van der Waals surface area (Å²) in [5.74, 6) is 0.0883. The maximum Gasteiger partial charge on any atom is 0.237 e. The molecule has 1 aliphatic rings. The van der Waals surface area contributed by atoms with E-state index in [1.807, 2.05) is 48.5 Å². The second-order valence-electron chi connectivity index (χ2n) is 6.46. The molecular formula is C21H28ClN3OS. The smallest absolute Gasteiger partial charge is 0.237 e. The number of halogens is 1. The van der Waals surface area contributed by atoms with Gasteiger partial charge >= 0.3 is 0 Å². The summed E-state index contributed by atoms with van der Waals surface area (Å²) < 4.78 is 0. The quantitative estimate of drug-likeness (QED) is 0.522. The van der Waals surface area contributed by atoms with Crippen LogP contribution < -0.4 is 10.6 Å². The summed E-state index contributed by atoms with van der Waals surface area (Å²) in [6, 6.07) is 20.2. The topological polar surface area (TPSA) is 44.4 Å². The molecule has 1 heterocycles. The van der Waals surface area contributed by atoms with Crippen molar-refractivity contribution in [3.8, 4) is 0 Å². The van der Waals surface area contributed by atoms with Crippen molar-refractivity contribution in [2.45, 2.75) is 16.6 Å². The average molecular weight is 406 g/mol. The Bertz CT molecular complexity index is 666. The normalized spacial score (nSPS) is 15.6. The van der Waals surface area contributed by atoms with E-state index in [-0.39, 0.29) is 23.6 Å². The second-order valence-corrected chi connectivity index (χ2v) is 7.64. The van der Waals surface area contributed by atoms with Crippen LogP contribution in [-0.2, 0) is 4.79 Å². The highest BCUT2D eigenvalue weighted by Crippen LogP contribution is 2.35. The van der Waals surface area contributed by atoms with E-state index in [1.54, 1.807) is 11.8 Å². The van der Waals surface area contributed by atoms with Gasteiger partial charge in [0.25, 0.3) is 0 Å². The Morgan fingerprint density at radius 2 is 1.67 bits per heavy atom. The van der Waals surface area contributed by atoms with E-state index < -0.39 is 0 Å². The van der Waals surface area contributed by atoms with Gasteiger partial charge in [0, 0.05) is 37.6 Å². The number of piperazine rings is 1. The van der Waals surface area contributed by atoms with Crippen molar-refractivity contribution < 1.29 is 4.79 Å². The standard InChI is InChI=1S/C21H27N3OS.ClH/c25-21(23-12-7-15-24-16-13-22-14-17-24)20(18-8-3-1-4-9-18)26-19-10-5-2-6-11-19;/h1-6,8-11,20,22H,7,12-17H2,(H,23,25);1H. The van der Waals surface area contributed by atoms with Crippen LogP contribution >= 0.6 is 24.2 Å². The molecule has 1 aliphatic heterocycles. The minimum Gasteiger partial charge on any atom is -0.355 e. The summed E-state index contributed by atoms with van der Waals surface area (Å²) in [5.41, 5.74) is 1.04. The molecule has 4 nitrogen and oxygen atoms in total. The molecule has 2 N–H and O–H groups in total. The first kappa shape index (κ1) is 21.8. The van der Waals surface area contributed by atoms with Gasteiger partial charge in [0.2, 0.25) is 5.91 Å². The SMILES string of the molecule is Cl.O=C(NCCCN1CCNCC1)C(Sc1ccccc1)c1ccccc1. The summed E-state index contributed by atoms with van der Waals surface area (Å²) in [6.45, 7) is 6.10. The summed E-state index contributed by atoms with van der Waals surface area (Å²) >= 11 is 1.61. The zero-order valence-electron chi connectivity index (χ0n) is 15.5. The predicted molar refractivity (Wildman–Crippen MR) is 116 cm³/mol. The Kier molecular flexibility index (Phi) is 9.70. The molecule has 0 saturated carbocycles. The molecule has 2 aromatic rings. The fraction of sp³-hybridized carbons (Fsp3) is 0.381. The van der Waals surface area contributed by atoms with E-state index >= 15 is 0 Å². The zero-order valence-corrected chi connectivity index (χ0v) is 17.1. The van der Waals surface area contributed by atoms with E-state index in [0.717, 1.165) is 56.1 Å². The van der Waals surface area contributed by atoms with Crippen molar-refractivity contribution in [2.24, 2.45) is 0 Å². The first-order chi connectivity index (χ1) is 12.8. The molecule has 6 heteroatoms. The van der Waals surface area contributed by atoms with Crippen LogP contribution in [-0.4, -0.2) is 50.1 Å². The van der Waals surface area contributed by atoms with Crippen LogP contribution in [0.3, 0.4) is 0 Å². The van der Waals surface area contributed by atoms with Gasteiger partial charge in [-0.05, 0) is 30.7 Å². The van der Waals surface area contributed by atoms with E-state index in [0.29, 0.717) is 0 Å². The monoisotopic (exact) mass is 405 g/mol. The molecule has 0 bridgehead atoms. The van der Waals surface area contributed by atoms with Crippen molar-refractivity contribution in [3.05, 3.63) is 66.2 Å². The number of amides is 1. The van der Waals surface area contributed by atoms with Gasteiger partial charge in [-0.1, -0.05) is 48.5 Å². The molecule has 1 atom stereocenters. The highest BCUT2D eigenvalue weighted by molar-refractivity contribution is 8.00. The number of carbonyl (C=O) groups excluding carboxylic acids is 1. The lowest BCUT2D eigenvalue weighted by Crippen LogP contribution is -2.44. The van der Waals surface area contributed by atoms with E-state index in [4.69, 9.17) is 0 Å². The summed E-state index contributed by atoms with van der Waals surface area (Å²) in [4.78, 5) is 16.4. The van der Waals surface area contributed by atoms with Crippen molar-refractivity contribution in [2.75, 3.05) is 39.3 Å². The average Bonchev–Trinajstić information content (AvgIpc) is 2.71. The maximum atomic E-state index is 12.8. The van der Waals surface area contributed by atoms with Gasteiger partial charge in [-0.25, -0.2) is 0 Å². The van der Waals surface area contributed by atoms with Crippen molar-refractivity contribution in [3.63, 3.8) is 0 Å². The lowest BCUT2D eigenvalue weighted by atomic mass is 10.1. The highest BCUT2D eigenvalue weighted by Gasteiger charge is 2.21. The zero-order chi connectivity index (χ0) is 18.0. The largest absolute Gasteiger partial charge is 0.355 e. The summed E-state index contributed by atoms with van der Waals surface area (Å²) in [5, 5.41) is 6.28. The third-order valence-electron chi connectivity index (χ3n) is 4.50. The number of carbonyl (C=O) groups is 1. The highest BCUT2D eigenvalue weighted by atomic mass is 35.5. The number of hydrogen-bond donors (Lipinski definition) is 2. The van der Waals surface area contributed by atoms with Gasteiger partial charge < -0.3 is 15.5 Å². The fourth-order valence-electron chi connectivity index (χ4n) is 3.08. The number of thioether (sulfide) groups is 1. The molecule has 146 valence electrons. The van der Waals surface area contributed by atoms with E-state index in [9.17, 15) is 4.79 Å². The third-order valence-corrected chi connectivity index (χ3v) is 5.76. The molecular weight excluding hydrogens is 378 g/mol. The van der Waals surface area contributed by atoms with Crippen molar-refractivity contribution in [1.82, 2.24) is 15.5 Å². The second kappa shape index (κ2) is 12.0. The van der Waals surface area contributed by atoms with Crippen LogP contribution in [0, 0.1) is 0 Å². The van der Waals surface area contributed by atoms with E-state index in [1.165, 1.54) is 0 Å². The lowest BCUT2D eigenvalue weighted by Gasteiger charge is -2.27. The maximum absolute atomic E-state index is 12.8. The first-order valence-electron chi connectivity index (χ1n) is 9.30. The Hall–Kier alpha value is -1.53. The minimum atomic E-state index is -0.224. The number of rotatable bonds is 8. The molecule has 1 saturated heterocycles. The number of benzene rings is 2. The number of nitrogens with one attached hydrogen (secondary N) is 2. The molecule has 1 unspecified atom stereocenters. The predicted octanol–water partition coefficient (Wildman–Crippen LogP) is 3.35. The number of hydrogen-bond acceptors (Lipinski definition) is 4. The molecule has 0 aromatic heterocycles. The van der Waals surface area contributed by atoms with Crippen molar-refractivity contribution >= 4 is 30.1 Å². The van der Waals surface area contributed by atoms with Crippen LogP contribution in [0.25, 0.3) is 0 Å². The first-order valence-corrected chi connectivity index (χ1v) is 10.2. The van der Waals surface area contributed by atoms with Gasteiger partial charge in [-0.2, -0.15) is 0 Å². The van der Waals surface area contributed by atoms with Gasteiger partial charge in [-0.15, -0.1) is 24.2 Å². The minimum absolute atomic E-state index is 0. The Morgan fingerprint density at radius 3 is 2.33 bits per heavy atom. The Morgan fingerprint density at radius 1 is 1.04 bits per heavy atom. The van der Waals surface area contributed by atoms with Gasteiger partial charge in [0.1, 0.15) is 5.25 Å².